The normalized spacial score (nSPS) is 24.1. The van der Waals surface area contributed by atoms with E-state index < -0.39 is 11.8 Å². The van der Waals surface area contributed by atoms with Gasteiger partial charge in [0.2, 0.25) is 0 Å². The van der Waals surface area contributed by atoms with Gasteiger partial charge in [0.15, 0.2) is 0 Å². The lowest BCUT2D eigenvalue weighted by molar-refractivity contribution is 0.0311. The zero-order valence-corrected chi connectivity index (χ0v) is 16.5. The number of ether oxygens (including phenoxy) is 1. The molecule has 0 aliphatic heterocycles. The summed E-state index contributed by atoms with van der Waals surface area (Å²) in [4.78, 5) is 2.26. The van der Waals surface area contributed by atoms with Crippen LogP contribution in [0, 0.1) is 5.92 Å². The predicted octanol–water partition coefficient (Wildman–Crippen LogP) is 4.28. The molecular weight excluding hydrogens is 354 g/mol. The molecule has 0 saturated heterocycles. The Hall–Kier alpha value is -1.55. The molecule has 0 aromatic heterocycles. The molecule has 2 aliphatic carbocycles. The second-order valence-corrected chi connectivity index (χ2v) is 8.17. The first-order valence-electron chi connectivity index (χ1n) is 9.95. The van der Waals surface area contributed by atoms with Crippen LogP contribution in [0.3, 0.4) is 0 Å². The van der Waals surface area contributed by atoms with Crippen molar-refractivity contribution in [3.63, 3.8) is 0 Å². The maximum absolute atomic E-state index is 13.1. The number of alkyl halides is 2. The van der Waals surface area contributed by atoms with E-state index in [1.54, 1.807) is 6.07 Å². The highest BCUT2D eigenvalue weighted by Gasteiger charge is 2.43. The number of fused-ring (bicyclic) bond motifs is 3. The molecule has 3 rings (SSSR count). The molecule has 6 heteroatoms. The minimum Gasteiger partial charge on any atom is -0.501 e. The topological polar surface area (TPSA) is 12.5 Å². The number of rotatable bonds is 8. The van der Waals surface area contributed by atoms with E-state index in [9.17, 15) is 8.78 Å². The highest BCUT2D eigenvalue weighted by atomic mass is 19.3. The van der Waals surface area contributed by atoms with Crippen molar-refractivity contribution < 1.29 is 13.5 Å². The lowest BCUT2D eigenvalue weighted by Gasteiger charge is -2.47. The molecule has 4 radical (unpaired) electrons. The van der Waals surface area contributed by atoms with Gasteiger partial charge >= 0.3 is 0 Å². The predicted molar refractivity (Wildman–Crippen MR) is 112 cm³/mol. The van der Waals surface area contributed by atoms with Crippen LogP contribution in [0.2, 0.25) is 0 Å². The molecule has 0 unspecified atom stereocenters. The van der Waals surface area contributed by atoms with E-state index in [1.165, 1.54) is 6.42 Å². The molecular formula is C22H27B2F2NO. The molecule has 1 aromatic rings. The molecule has 0 amide bonds. The van der Waals surface area contributed by atoms with Crippen LogP contribution in [0.5, 0.6) is 5.75 Å². The van der Waals surface area contributed by atoms with Gasteiger partial charge < -0.3 is 9.64 Å². The summed E-state index contributed by atoms with van der Waals surface area (Å²) in [6, 6.07) is 5.46. The fourth-order valence-electron chi connectivity index (χ4n) is 4.67. The van der Waals surface area contributed by atoms with Crippen LogP contribution in [-0.2, 0) is 5.41 Å². The summed E-state index contributed by atoms with van der Waals surface area (Å²) >= 11 is 0. The summed E-state index contributed by atoms with van der Waals surface area (Å²) in [7, 11) is 13.0. The molecule has 0 spiro atoms. The quantitative estimate of drug-likeness (QED) is 0.492. The average molecular weight is 381 g/mol. The van der Waals surface area contributed by atoms with Crippen LogP contribution in [0.15, 0.2) is 36.9 Å². The zero-order valence-electron chi connectivity index (χ0n) is 16.5. The summed E-state index contributed by atoms with van der Waals surface area (Å²) in [5.74, 6) is 0.735. The van der Waals surface area contributed by atoms with E-state index >= 15 is 0 Å². The standard InChI is InChI=1S/C22H27B2F2NO/c1-3-13-27(2)14-12-21-11-5-4-6-17(21)9-7-16-8-10-18(15-19(16)21)28-22(23,24)20(25)26/h3,7-10,15,17,20H,1,4-6,11-14H2,2H3/t17-,21+/m1/s1. The van der Waals surface area contributed by atoms with Gasteiger partial charge in [-0.1, -0.05) is 37.1 Å². The second-order valence-electron chi connectivity index (χ2n) is 8.17. The third kappa shape index (κ3) is 4.22. The van der Waals surface area contributed by atoms with Gasteiger partial charge in [0.1, 0.15) is 21.4 Å². The Labute approximate surface area is 169 Å². The SMILES string of the molecule is [B]C([B])(Oc1ccc2c(c1)[C@]1(CCN(C)CC=C)CCCC[C@@H]1C=C2)C(F)F. The molecule has 0 heterocycles. The smallest absolute Gasteiger partial charge is 0.259 e. The number of halogens is 2. The first kappa shape index (κ1) is 21.2. The van der Waals surface area contributed by atoms with Gasteiger partial charge in [0.05, 0.1) is 5.40 Å². The first-order chi connectivity index (χ1) is 13.3. The highest BCUT2D eigenvalue weighted by molar-refractivity contribution is 6.39. The van der Waals surface area contributed by atoms with Crippen LogP contribution < -0.4 is 4.74 Å². The van der Waals surface area contributed by atoms with E-state index in [4.69, 9.17) is 20.4 Å². The molecule has 2 atom stereocenters. The average Bonchev–Trinajstić information content (AvgIpc) is 2.66. The Bertz CT molecular complexity index is 737. The minimum absolute atomic E-state index is 0.0200. The monoisotopic (exact) mass is 381 g/mol. The fourth-order valence-corrected chi connectivity index (χ4v) is 4.67. The number of allylic oxidation sites excluding steroid dienone is 1. The van der Waals surface area contributed by atoms with Crippen molar-refractivity contribution in [3.8, 4) is 5.75 Å². The molecule has 0 bridgehead atoms. The number of benzene rings is 1. The molecule has 0 N–H and O–H groups in total. The number of hydrogen-bond donors (Lipinski definition) is 0. The van der Waals surface area contributed by atoms with Crippen LogP contribution in [0.1, 0.15) is 43.2 Å². The zero-order chi connectivity index (χ0) is 20.4. The van der Waals surface area contributed by atoms with E-state index in [1.807, 2.05) is 18.2 Å². The van der Waals surface area contributed by atoms with Gasteiger partial charge in [0, 0.05) is 12.0 Å². The fraction of sp³-hybridized carbons (Fsp3) is 0.545. The third-order valence-corrected chi connectivity index (χ3v) is 6.18. The van der Waals surface area contributed by atoms with Gasteiger partial charge in [-0.3, -0.25) is 0 Å². The molecule has 1 aromatic carbocycles. The van der Waals surface area contributed by atoms with Crippen molar-refractivity contribution in [2.24, 2.45) is 5.92 Å². The summed E-state index contributed by atoms with van der Waals surface area (Å²) in [5, 5.41) is -2.50. The van der Waals surface area contributed by atoms with Crippen molar-refractivity contribution in [2.45, 2.75) is 49.3 Å². The van der Waals surface area contributed by atoms with Crippen molar-refractivity contribution in [1.82, 2.24) is 4.90 Å². The Kier molecular flexibility index (Phi) is 6.38. The van der Waals surface area contributed by atoms with Gasteiger partial charge in [0.25, 0.3) is 6.43 Å². The summed E-state index contributed by atoms with van der Waals surface area (Å²) < 4.78 is 31.4. The van der Waals surface area contributed by atoms with Gasteiger partial charge in [-0.05, 0) is 62.0 Å². The lowest BCUT2D eigenvalue weighted by Crippen LogP contribution is -2.45. The molecule has 1 fully saturated rings. The van der Waals surface area contributed by atoms with Crippen LogP contribution in [0.25, 0.3) is 6.08 Å². The van der Waals surface area contributed by atoms with Crippen LogP contribution >= 0.6 is 0 Å². The maximum atomic E-state index is 13.1. The number of likely N-dealkylation sites (N-methyl/N-ethyl adjacent to an activating group) is 1. The van der Waals surface area contributed by atoms with Crippen molar-refractivity contribution in [2.75, 3.05) is 20.1 Å². The molecule has 146 valence electrons. The minimum atomic E-state index is -2.98. The molecule has 28 heavy (non-hydrogen) atoms. The summed E-state index contributed by atoms with van der Waals surface area (Å²) in [5.41, 5.74) is 2.26. The molecule has 2 aliphatic rings. The van der Waals surface area contributed by atoms with Gasteiger partial charge in [-0.15, -0.1) is 6.58 Å². The van der Waals surface area contributed by atoms with E-state index in [0.29, 0.717) is 11.7 Å². The highest BCUT2D eigenvalue weighted by Crippen LogP contribution is 2.51. The van der Waals surface area contributed by atoms with Crippen molar-refractivity contribution >= 4 is 21.8 Å². The van der Waals surface area contributed by atoms with Crippen molar-refractivity contribution in [3.05, 3.63) is 48.1 Å². The van der Waals surface area contributed by atoms with E-state index in [2.05, 4.69) is 30.7 Å². The summed E-state index contributed by atoms with van der Waals surface area (Å²) in [6.45, 7) is 5.59. The Morgan fingerprint density at radius 3 is 2.89 bits per heavy atom. The maximum Gasteiger partial charge on any atom is 0.259 e. The summed E-state index contributed by atoms with van der Waals surface area (Å²) in [6.07, 6.45) is 8.98. The van der Waals surface area contributed by atoms with Crippen LogP contribution in [-0.4, -0.2) is 52.6 Å². The number of hydrogen-bond acceptors (Lipinski definition) is 2. The Balaban J connectivity index is 1.95. The molecule has 1 saturated carbocycles. The van der Waals surface area contributed by atoms with Gasteiger partial charge in [-0.25, -0.2) is 8.78 Å². The third-order valence-electron chi connectivity index (χ3n) is 6.18. The van der Waals surface area contributed by atoms with Crippen molar-refractivity contribution in [1.29, 1.82) is 0 Å². The van der Waals surface area contributed by atoms with E-state index in [0.717, 1.165) is 49.9 Å². The van der Waals surface area contributed by atoms with Gasteiger partial charge in [-0.2, -0.15) is 0 Å². The number of nitrogens with zero attached hydrogens (tertiary/aromatic N) is 1. The largest absolute Gasteiger partial charge is 0.501 e. The Morgan fingerprint density at radius 2 is 2.18 bits per heavy atom. The first-order valence-corrected chi connectivity index (χ1v) is 9.95. The second kappa shape index (κ2) is 8.44. The lowest BCUT2D eigenvalue weighted by atomic mass is 9.58. The Morgan fingerprint density at radius 1 is 1.39 bits per heavy atom. The van der Waals surface area contributed by atoms with E-state index in [-0.39, 0.29) is 5.41 Å². The van der Waals surface area contributed by atoms with Crippen LogP contribution in [0.4, 0.5) is 8.78 Å². The molecule has 2 nitrogen and oxygen atoms in total.